The molecular weight excluding hydrogens is 164 g/mol. The number of amides is 1. The molecule has 0 bridgehead atoms. The monoisotopic (exact) mass is 180 g/mol. The molecule has 13 heavy (non-hydrogen) atoms. The SMILES string of the molecule is CC#CC(=O)N(C)C1CCNCC1. The number of hydrogen-bond donors (Lipinski definition) is 1. The fraction of sp³-hybridized carbons (Fsp3) is 0.700. The minimum atomic E-state index is -0.0607. The molecule has 1 N–H and O–H groups in total. The Labute approximate surface area is 79.5 Å². The van der Waals surface area contributed by atoms with E-state index in [1.807, 2.05) is 7.05 Å². The van der Waals surface area contributed by atoms with Crippen LogP contribution in [0.5, 0.6) is 0 Å². The number of hydrogen-bond acceptors (Lipinski definition) is 2. The average Bonchev–Trinajstić information content (AvgIpc) is 2.18. The Bertz CT molecular complexity index is 233. The summed E-state index contributed by atoms with van der Waals surface area (Å²) in [5.41, 5.74) is 0. The molecule has 0 aliphatic carbocycles. The normalized spacial score (nSPS) is 17.4. The van der Waals surface area contributed by atoms with Gasteiger partial charge in [-0.1, -0.05) is 5.92 Å². The van der Waals surface area contributed by atoms with Crippen molar-refractivity contribution in [3.63, 3.8) is 0 Å². The van der Waals surface area contributed by atoms with Crippen molar-refractivity contribution in [3.8, 4) is 11.8 Å². The number of carbonyl (C=O) groups is 1. The molecule has 0 saturated carbocycles. The third-order valence-corrected chi connectivity index (χ3v) is 2.41. The lowest BCUT2D eigenvalue weighted by atomic mass is 10.1. The van der Waals surface area contributed by atoms with Gasteiger partial charge in [-0.15, -0.1) is 0 Å². The van der Waals surface area contributed by atoms with Gasteiger partial charge in [-0.25, -0.2) is 0 Å². The Morgan fingerprint density at radius 2 is 2.08 bits per heavy atom. The second-order valence-electron chi connectivity index (χ2n) is 3.27. The van der Waals surface area contributed by atoms with E-state index in [4.69, 9.17) is 0 Å². The molecule has 0 atom stereocenters. The van der Waals surface area contributed by atoms with Crippen molar-refractivity contribution in [2.75, 3.05) is 20.1 Å². The summed E-state index contributed by atoms with van der Waals surface area (Å²) < 4.78 is 0. The van der Waals surface area contributed by atoms with E-state index in [0.29, 0.717) is 6.04 Å². The zero-order valence-electron chi connectivity index (χ0n) is 8.26. The summed E-state index contributed by atoms with van der Waals surface area (Å²) in [6, 6.07) is 0.370. The predicted molar refractivity (Wildman–Crippen MR) is 52.1 cm³/mol. The summed E-state index contributed by atoms with van der Waals surface area (Å²) in [5, 5.41) is 3.27. The van der Waals surface area contributed by atoms with E-state index >= 15 is 0 Å². The topological polar surface area (TPSA) is 32.3 Å². The molecule has 3 heteroatoms. The Balaban J connectivity index is 2.48. The molecule has 1 amide bonds. The number of carbonyl (C=O) groups excluding carboxylic acids is 1. The Kier molecular flexibility index (Phi) is 3.78. The first-order valence-electron chi connectivity index (χ1n) is 4.66. The standard InChI is InChI=1S/C10H16N2O/c1-3-4-10(13)12(2)9-5-7-11-8-6-9/h9,11H,5-8H2,1-2H3. The molecule has 0 spiro atoms. The Morgan fingerprint density at radius 1 is 1.46 bits per heavy atom. The maximum atomic E-state index is 11.4. The van der Waals surface area contributed by atoms with Crippen LogP contribution < -0.4 is 5.32 Å². The van der Waals surface area contributed by atoms with E-state index in [0.717, 1.165) is 25.9 Å². The third-order valence-electron chi connectivity index (χ3n) is 2.41. The van der Waals surface area contributed by atoms with Crippen LogP contribution in [0.1, 0.15) is 19.8 Å². The fourth-order valence-electron chi connectivity index (χ4n) is 1.55. The van der Waals surface area contributed by atoms with Crippen LogP contribution in [0.3, 0.4) is 0 Å². The van der Waals surface area contributed by atoms with Crippen molar-refractivity contribution in [3.05, 3.63) is 0 Å². The maximum absolute atomic E-state index is 11.4. The average molecular weight is 180 g/mol. The molecule has 1 saturated heterocycles. The molecule has 72 valence electrons. The minimum absolute atomic E-state index is 0.0607. The Hall–Kier alpha value is -1.01. The van der Waals surface area contributed by atoms with Crippen LogP contribution in [-0.2, 0) is 4.79 Å². The van der Waals surface area contributed by atoms with Crippen molar-refractivity contribution >= 4 is 5.91 Å². The largest absolute Gasteiger partial charge is 0.332 e. The van der Waals surface area contributed by atoms with Crippen LogP contribution >= 0.6 is 0 Å². The zero-order valence-corrected chi connectivity index (χ0v) is 8.26. The van der Waals surface area contributed by atoms with Gasteiger partial charge in [0, 0.05) is 13.1 Å². The molecule has 0 aromatic rings. The smallest absolute Gasteiger partial charge is 0.298 e. The minimum Gasteiger partial charge on any atom is -0.332 e. The van der Waals surface area contributed by atoms with Crippen LogP contribution in [0.4, 0.5) is 0 Å². The van der Waals surface area contributed by atoms with Gasteiger partial charge in [0.1, 0.15) is 0 Å². The lowest BCUT2D eigenvalue weighted by Gasteiger charge is -2.30. The summed E-state index contributed by atoms with van der Waals surface area (Å²) in [6.07, 6.45) is 2.07. The summed E-state index contributed by atoms with van der Waals surface area (Å²) in [7, 11) is 1.84. The third kappa shape index (κ3) is 2.74. The number of nitrogens with zero attached hydrogens (tertiary/aromatic N) is 1. The van der Waals surface area contributed by atoms with Gasteiger partial charge < -0.3 is 10.2 Å². The number of nitrogens with one attached hydrogen (secondary N) is 1. The van der Waals surface area contributed by atoms with Crippen molar-refractivity contribution in [2.24, 2.45) is 0 Å². The molecule has 3 nitrogen and oxygen atoms in total. The number of rotatable bonds is 1. The molecule has 1 aliphatic rings. The molecule has 0 aromatic carbocycles. The molecule has 0 unspecified atom stereocenters. The van der Waals surface area contributed by atoms with Gasteiger partial charge in [0.05, 0.1) is 0 Å². The quantitative estimate of drug-likeness (QED) is 0.585. The Morgan fingerprint density at radius 3 is 2.62 bits per heavy atom. The van der Waals surface area contributed by atoms with Crippen LogP contribution in [0.25, 0.3) is 0 Å². The van der Waals surface area contributed by atoms with E-state index in [-0.39, 0.29) is 5.91 Å². The van der Waals surface area contributed by atoms with E-state index in [1.165, 1.54) is 0 Å². The fourth-order valence-corrected chi connectivity index (χ4v) is 1.55. The highest BCUT2D eigenvalue weighted by Crippen LogP contribution is 2.09. The molecule has 0 aromatic heterocycles. The van der Waals surface area contributed by atoms with Crippen LogP contribution in [0.2, 0.25) is 0 Å². The first kappa shape index (κ1) is 10.1. The van der Waals surface area contributed by atoms with Crippen molar-refractivity contribution in [2.45, 2.75) is 25.8 Å². The summed E-state index contributed by atoms with van der Waals surface area (Å²) in [4.78, 5) is 13.1. The van der Waals surface area contributed by atoms with Crippen LogP contribution in [0, 0.1) is 11.8 Å². The zero-order chi connectivity index (χ0) is 9.68. The van der Waals surface area contributed by atoms with Crippen molar-refractivity contribution in [1.29, 1.82) is 0 Å². The molecule has 0 radical (unpaired) electrons. The van der Waals surface area contributed by atoms with E-state index < -0.39 is 0 Å². The van der Waals surface area contributed by atoms with Gasteiger partial charge in [-0.2, -0.15) is 0 Å². The summed E-state index contributed by atoms with van der Waals surface area (Å²) >= 11 is 0. The van der Waals surface area contributed by atoms with E-state index in [2.05, 4.69) is 17.2 Å². The van der Waals surface area contributed by atoms with Crippen LogP contribution in [-0.4, -0.2) is 37.0 Å². The maximum Gasteiger partial charge on any atom is 0.298 e. The lowest BCUT2D eigenvalue weighted by Crippen LogP contribution is -2.43. The van der Waals surface area contributed by atoms with E-state index in [1.54, 1.807) is 11.8 Å². The highest BCUT2D eigenvalue weighted by molar-refractivity contribution is 5.93. The second-order valence-corrected chi connectivity index (χ2v) is 3.27. The molecule has 1 heterocycles. The van der Waals surface area contributed by atoms with Gasteiger partial charge in [0.2, 0.25) is 0 Å². The van der Waals surface area contributed by atoms with Gasteiger partial charge in [0.15, 0.2) is 0 Å². The van der Waals surface area contributed by atoms with Gasteiger partial charge >= 0.3 is 0 Å². The first-order chi connectivity index (χ1) is 6.25. The molecule has 1 rings (SSSR count). The summed E-state index contributed by atoms with van der Waals surface area (Å²) in [6.45, 7) is 3.69. The predicted octanol–water partition coefficient (Wildman–Crippen LogP) is 0.220. The van der Waals surface area contributed by atoms with Gasteiger partial charge in [-0.3, -0.25) is 4.79 Å². The first-order valence-corrected chi connectivity index (χ1v) is 4.66. The van der Waals surface area contributed by atoms with E-state index in [9.17, 15) is 4.79 Å². The highest BCUT2D eigenvalue weighted by atomic mass is 16.2. The number of piperidine rings is 1. The summed E-state index contributed by atoms with van der Waals surface area (Å²) in [5.74, 6) is 5.13. The molecule has 1 aliphatic heterocycles. The van der Waals surface area contributed by atoms with Crippen LogP contribution in [0.15, 0.2) is 0 Å². The highest BCUT2D eigenvalue weighted by Gasteiger charge is 2.20. The van der Waals surface area contributed by atoms with Crippen molar-refractivity contribution < 1.29 is 4.79 Å². The lowest BCUT2D eigenvalue weighted by molar-refractivity contribution is -0.126. The van der Waals surface area contributed by atoms with Gasteiger partial charge in [0.25, 0.3) is 5.91 Å². The molecular formula is C10H16N2O. The van der Waals surface area contributed by atoms with Crippen molar-refractivity contribution in [1.82, 2.24) is 10.2 Å². The van der Waals surface area contributed by atoms with Gasteiger partial charge in [-0.05, 0) is 38.8 Å². The molecule has 1 fully saturated rings. The second kappa shape index (κ2) is 4.88.